The summed E-state index contributed by atoms with van der Waals surface area (Å²) in [7, 11) is 0. The molecule has 1 N–H and O–H groups in total. The number of aromatic nitrogens is 2. The Labute approximate surface area is 106 Å². The van der Waals surface area contributed by atoms with E-state index >= 15 is 0 Å². The van der Waals surface area contributed by atoms with E-state index in [2.05, 4.69) is 21.4 Å². The Morgan fingerprint density at radius 2 is 2.17 bits per heavy atom. The van der Waals surface area contributed by atoms with Crippen LogP contribution in [0.15, 0.2) is 30.6 Å². The van der Waals surface area contributed by atoms with E-state index in [-0.39, 0.29) is 0 Å². The first-order valence-corrected chi connectivity index (χ1v) is 6.20. The average molecular weight is 241 g/mol. The first-order valence-electron chi connectivity index (χ1n) is 6.20. The highest BCUT2D eigenvalue weighted by Crippen LogP contribution is 2.37. The summed E-state index contributed by atoms with van der Waals surface area (Å²) in [6, 6.07) is 6.19. The lowest BCUT2D eigenvalue weighted by atomic mass is 10.1. The molecule has 0 unspecified atom stereocenters. The number of anilines is 1. The van der Waals surface area contributed by atoms with Crippen LogP contribution in [0.2, 0.25) is 0 Å². The molecule has 0 atom stereocenters. The molecule has 18 heavy (non-hydrogen) atoms. The quantitative estimate of drug-likeness (QED) is 0.897. The van der Waals surface area contributed by atoms with Crippen LogP contribution in [0.3, 0.4) is 0 Å². The normalized spacial score (nSPS) is 12.9. The zero-order chi connectivity index (χ0) is 12.4. The maximum atomic E-state index is 5.72. The van der Waals surface area contributed by atoms with Gasteiger partial charge >= 0.3 is 0 Å². The second kappa shape index (κ2) is 4.64. The maximum absolute atomic E-state index is 5.72. The summed E-state index contributed by atoms with van der Waals surface area (Å²) in [6.07, 6.45) is 4.38. The number of nitrogens with zero attached hydrogens (tertiary/aromatic N) is 2. The SMILES string of the molecule is CCNc1nccnc1-c1cccc2c1OCC2. The number of hydrogen-bond donors (Lipinski definition) is 1. The highest BCUT2D eigenvalue weighted by molar-refractivity contribution is 5.77. The molecule has 4 nitrogen and oxygen atoms in total. The van der Waals surface area contributed by atoms with Crippen LogP contribution < -0.4 is 10.1 Å². The zero-order valence-electron chi connectivity index (χ0n) is 10.3. The molecule has 0 radical (unpaired) electrons. The van der Waals surface area contributed by atoms with Crippen molar-refractivity contribution in [3.05, 3.63) is 36.2 Å². The Bertz CT molecular complexity index is 569. The van der Waals surface area contributed by atoms with Crippen molar-refractivity contribution < 1.29 is 4.74 Å². The van der Waals surface area contributed by atoms with Crippen molar-refractivity contribution in [1.82, 2.24) is 9.97 Å². The summed E-state index contributed by atoms with van der Waals surface area (Å²) in [6.45, 7) is 3.62. The smallest absolute Gasteiger partial charge is 0.152 e. The minimum atomic E-state index is 0.753. The number of ether oxygens (including phenoxy) is 1. The Balaban J connectivity index is 2.13. The minimum Gasteiger partial charge on any atom is -0.492 e. The third-order valence-corrected chi connectivity index (χ3v) is 3.01. The molecule has 3 rings (SSSR count). The molecular weight excluding hydrogens is 226 g/mol. The largest absolute Gasteiger partial charge is 0.492 e. The molecule has 1 aromatic heterocycles. The van der Waals surface area contributed by atoms with Crippen LogP contribution in [0.1, 0.15) is 12.5 Å². The number of hydrogen-bond acceptors (Lipinski definition) is 4. The van der Waals surface area contributed by atoms with Crippen LogP contribution in [0.4, 0.5) is 5.82 Å². The fraction of sp³-hybridized carbons (Fsp3) is 0.286. The number of para-hydroxylation sites is 1. The summed E-state index contributed by atoms with van der Waals surface area (Å²) in [5, 5.41) is 3.24. The van der Waals surface area contributed by atoms with Crippen molar-refractivity contribution in [2.24, 2.45) is 0 Å². The molecular formula is C14H15N3O. The summed E-state index contributed by atoms with van der Waals surface area (Å²) >= 11 is 0. The van der Waals surface area contributed by atoms with Crippen molar-refractivity contribution in [3.8, 4) is 17.0 Å². The lowest BCUT2D eigenvalue weighted by Gasteiger charge is -2.11. The van der Waals surface area contributed by atoms with Crippen LogP contribution in [-0.2, 0) is 6.42 Å². The van der Waals surface area contributed by atoms with Crippen molar-refractivity contribution in [1.29, 1.82) is 0 Å². The molecule has 92 valence electrons. The van der Waals surface area contributed by atoms with Gasteiger partial charge in [-0.3, -0.25) is 4.98 Å². The molecule has 1 aromatic carbocycles. The van der Waals surface area contributed by atoms with Crippen LogP contribution in [0.25, 0.3) is 11.3 Å². The van der Waals surface area contributed by atoms with Gasteiger partial charge in [0.05, 0.1) is 6.61 Å². The van der Waals surface area contributed by atoms with E-state index in [0.717, 1.165) is 42.4 Å². The highest BCUT2D eigenvalue weighted by Gasteiger charge is 2.19. The molecule has 0 amide bonds. The second-order valence-electron chi connectivity index (χ2n) is 4.18. The topological polar surface area (TPSA) is 47.0 Å². The summed E-state index contributed by atoms with van der Waals surface area (Å²) in [4.78, 5) is 8.78. The van der Waals surface area contributed by atoms with Gasteiger partial charge in [-0.05, 0) is 18.6 Å². The van der Waals surface area contributed by atoms with E-state index in [9.17, 15) is 0 Å². The number of rotatable bonds is 3. The Hall–Kier alpha value is -2.10. The fourth-order valence-corrected chi connectivity index (χ4v) is 2.23. The van der Waals surface area contributed by atoms with Gasteiger partial charge in [-0.2, -0.15) is 0 Å². The van der Waals surface area contributed by atoms with Crippen molar-refractivity contribution in [3.63, 3.8) is 0 Å². The van der Waals surface area contributed by atoms with Crippen LogP contribution >= 0.6 is 0 Å². The van der Waals surface area contributed by atoms with Crippen LogP contribution in [-0.4, -0.2) is 23.1 Å². The van der Waals surface area contributed by atoms with Crippen LogP contribution in [0, 0.1) is 0 Å². The van der Waals surface area contributed by atoms with Gasteiger partial charge in [0, 0.05) is 30.9 Å². The van der Waals surface area contributed by atoms with Crippen molar-refractivity contribution in [2.45, 2.75) is 13.3 Å². The lowest BCUT2D eigenvalue weighted by molar-refractivity contribution is 0.358. The van der Waals surface area contributed by atoms with Gasteiger partial charge < -0.3 is 10.1 Å². The van der Waals surface area contributed by atoms with Crippen molar-refractivity contribution in [2.75, 3.05) is 18.5 Å². The summed E-state index contributed by atoms with van der Waals surface area (Å²) in [5.41, 5.74) is 3.13. The Morgan fingerprint density at radius 3 is 3.06 bits per heavy atom. The Kier molecular flexibility index (Phi) is 2.84. The van der Waals surface area contributed by atoms with Crippen molar-refractivity contribution >= 4 is 5.82 Å². The van der Waals surface area contributed by atoms with Gasteiger partial charge in [0.25, 0.3) is 0 Å². The molecule has 0 spiro atoms. The third-order valence-electron chi connectivity index (χ3n) is 3.01. The number of nitrogens with one attached hydrogen (secondary N) is 1. The molecule has 1 aliphatic rings. The average Bonchev–Trinajstić information content (AvgIpc) is 2.88. The molecule has 2 aromatic rings. The van der Waals surface area contributed by atoms with Gasteiger partial charge in [-0.15, -0.1) is 0 Å². The fourth-order valence-electron chi connectivity index (χ4n) is 2.23. The molecule has 0 saturated heterocycles. The van der Waals surface area contributed by atoms with E-state index < -0.39 is 0 Å². The first kappa shape index (κ1) is 11.0. The molecule has 0 fully saturated rings. The lowest BCUT2D eigenvalue weighted by Crippen LogP contribution is -2.03. The van der Waals surface area contributed by atoms with Gasteiger partial charge in [-0.25, -0.2) is 4.98 Å². The molecule has 4 heteroatoms. The van der Waals surface area contributed by atoms with E-state index in [4.69, 9.17) is 4.74 Å². The first-order chi connectivity index (χ1) is 8.90. The third kappa shape index (κ3) is 1.79. The zero-order valence-corrected chi connectivity index (χ0v) is 10.3. The standard InChI is InChI=1S/C14H15N3O/c1-2-15-14-12(16-7-8-17-14)11-5-3-4-10-6-9-18-13(10)11/h3-5,7-8H,2,6,9H2,1H3,(H,15,17). The van der Waals surface area contributed by atoms with Gasteiger partial charge in [-0.1, -0.05) is 12.1 Å². The second-order valence-corrected chi connectivity index (χ2v) is 4.18. The van der Waals surface area contributed by atoms with E-state index in [1.807, 2.05) is 19.1 Å². The van der Waals surface area contributed by atoms with E-state index in [1.165, 1.54) is 5.56 Å². The maximum Gasteiger partial charge on any atom is 0.152 e. The number of fused-ring (bicyclic) bond motifs is 1. The monoisotopic (exact) mass is 241 g/mol. The van der Waals surface area contributed by atoms with Gasteiger partial charge in [0.1, 0.15) is 11.4 Å². The predicted octanol–water partition coefficient (Wildman–Crippen LogP) is 2.51. The minimum absolute atomic E-state index is 0.753. The van der Waals surface area contributed by atoms with Gasteiger partial charge in [0.2, 0.25) is 0 Å². The molecule has 2 heterocycles. The molecule has 0 saturated carbocycles. The summed E-state index contributed by atoms with van der Waals surface area (Å²) < 4.78 is 5.72. The predicted molar refractivity (Wildman–Crippen MR) is 70.8 cm³/mol. The van der Waals surface area contributed by atoms with Crippen LogP contribution in [0.5, 0.6) is 5.75 Å². The number of benzene rings is 1. The summed E-state index contributed by atoms with van der Waals surface area (Å²) in [5.74, 6) is 1.76. The Morgan fingerprint density at radius 1 is 1.28 bits per heavy atom. The van der Waals surface area contributed by atoms with Gasteiger partial charge in [0.15, 0.2) is 5.82 Å². The van der Waals surface area contributed by atoms with E-state index in [1.54, 1.807) is 12.4 Å². The van der Waals surface area contributed by atoms with E-state index in [0.29, 0.717) is 0 Å². The highest BCUT2D eigenvalue weighted by atomic mass is 16.5. The molecule has 0 bridgehead atoms. The molecule has 1 aliphatic heterocycles. The molecule has 0 aliphatic carbocycles.